The number of imide groups is 1. The molecule has 2 rings (SSSR count). The van der Waals surface area contributed by atoms with Crippen molar-refractivity contribution in [3.8, 4) is 0 Å². The zero-order valence-corrected chi connectivity index (χ0v) is 10.2. The molecule has 0 N–H and O–H groups in total. The number of carbonyl (C=O) groups excluding carboxylic acids is 2. The van der Waals surface area contributed by atoms with Gasteiger partial charge in [-0.25, -0.2) is 9.69 Å². The summed E-state index contributed by atoms with van der Waals surface area (Å²) in [5, 5.41) is 0. The van der Waals surface area contributed by atoms with Gasteiger partial charge in [-0.1, -0.05) is 18.2 Å². The molecule has 17 heavy (non-hydrogen) atoms. The SMILES string of the molecule is CC(C)(C)OC(=O)N1C(=O)Cc2ccccc21. The fourth-order valence-corrected chi connectivity index (χ4v) is 1.76. The number of rotatable bonds is 0. The van der Waals surface area contributed by atoms with E-state index in [1.165, 1.54) is 0 Å². The van der Waals surface area contributed by atoms with Crippen LogP contribution in [-0.2, 0) is 16.0 Å². The first-order chi connectivity index (χ1) is 7.88. The number of para-hydroxylation sites is 1. The van der Waals surface area contributed by atoms with Crippen LogP contribution in [0, 0.1) is 0 Å². The first-order valence-electron chi connectivity index (χ1n) is 5.52. The minimum Gasteiger partial charge on any atom is -0.443 e. The van der Waals surface area contributed by atoms with Crippen molar-refractivity contribution in [1.82, 2.24) is 0 Å². The van der Waals surface area contributed by atoms with E-state index in [2.05, 4.69) is 0 Å². The van der Waals surface area contributed by atoms with Crippen LogP contribution < -0.4 is 4.90 Å². The van der Waals surface area contributed by atoms with Crippen molar-refractivity contribution in [2.45, 2.75) is 32.8 Å². The highest BCUT2D eigenvalue weighted by Gasteiger charge is 2.34. The van der Waals surface area contributed by atoms with Crippen molar-refractivity contribution < 1.29 is 14.3 Å². The van der Waals surface area contributed by atoms with Crippen LogP contribution in [0.1, 0.15) is 26.3 Å². The molecule has 2 amide bonds. The minimum absolute atomic E-state index is 0.236. The zero-order valence-electron chi connectivity index (χ0n) is 10.2. The smallest absolute Gasteiger partial charge is 0.421 e. The lowest BCUT2D eigenvalue weighted by molar-refractivity contribution is -0.117. The molecule has 0 fully saturated rings. The van der Waals surface area contributed by atoms with Gasteiger partial charge in [0.15, 0.2) is 0 Å². The molecule has 0 saturated carbocycles. The molecule has 0 aromatic heterocycles. The minimum atomic E-state index is -0.604. The van der Waals surface area contributed by atoms with Gasteiger partial charge in [0.05, 0.1) is 12.1 Å². The van der Waals surface area contributed by atoms with Crippen molar-refractivity contribution in [2.75, 3.05) is 4.90 Å². The van der Waals surface area contributed by atoms with Crippen LogP contribution in [-0.4, -0.2) is 17.6 Å². The molecule has 0 atom stereocenters. The fourth-order valence-electron chi connectivity index (χ4n) is 1.76. The number of ether oxygens (including phenoxy) is 1. The third kappa shape index (κ3) is 2.30. The van der Waals surface area contributed by atoms with Crippen molar-refractivity contribution in [3.05, 3.63) is 29.8 Å². The Kier molecular flexibility index (Phi) is 2.65. The van der Waals surface area contributed by atoms with Gasteiger partial charge >= 0.3 is 6.09 Å². The Morgan fingerprint density at radius 3 is 2.59 bits per heavy atom. The maximum absolute atomic E-state index is 11.9. The predicted molar refractivity (Wildman–Crippen MR) is 63.9 cm³/mol. The summed E-state index contributed by atoms with van der Waals surface area (Å²) in [4.78, 5) is 24.8. The lowest BCUT2D eigenvalue weighted by Crippen LogP contribution is -2.38. The molecule has 0 unspecified atom stereocenters. The largest absolute Gasteiger partial charge is 0.443 e. The van der Waals surface area contributed by atoms with E-state index in [1.807, 2.05) is 12.1 Å². The second-order valence-electron chi connectivity index (χ2n) is 5.01. The molecule has 4 nitrogen and oxygen atoms in total. The standard InChI is InChI=1S/C13H15NO3/c1-13(2,3)17-12(16)14-10-7-5-4-6-9(10)8-11(14)15/h4-7H,8H2,1-3H3. The summed E-state index contributed by atoms with van der Waals surface area (Å²) in [6, 6.07) is 7.25. The number of nitrogens with zero attached hydrogens (tertiary/aromatic N) is 1. The average molecular weight is 233 g/mol. The lowest BCUT2D eigenvalue weighted by Gasteiger charge is -2.23. The molecule has 90 valence electrons. The van der Waals surface area contributed by atoms with E-state index in [0.29, 0.717) is 5.69 Å². The second-order valence-corrected chi connectivity index (χ2v) is 5.01. The van der Waals surface area contributed by atoms with Crippen molar-refractivity contribution in [1.29, 1.82) is 0 Å². The predicted octanol–water partition coefficient (Wildman–Crippen LogP) is 2.51. The number of carbonyl (C=O) groups is 2. The van der Waals surface area contributed by atoms with Gasteiger partial charge in [-0.05, 0) is 32.4 Å². The number of benzene rings is 1. The van der Waals surface area contributed by atoms with Gasteiger partial charge in [0, 0.05) is 0 Å². The molecule has 4 heteroatoms. The van der Waals surface area contributed by atoms with Crippen molar-refractivity contribution >= 4 is 17.7 Å². The van der Waals surface area contributed by atoms with Crippen LogP contribution >= 0.6 is 0 Å². The number of fused-ring (bicyclic) bond motifs is 1. The highest BCUT2D eigenvalue weighted by atomic mass is 16.6. The molecule has 1 aromatic rings. The van der Waals surface area contributed by atoms with Gasteiger partial charge in [0.2, 0.25) is 5.91 Å². The average Bonchev–Trinajstić information content (AvgIpc) is 2.50. The van der Waals surface area contributed by atoms with E-state index in [9.17, 15) is 9.59 Å². The highest BCUT2D eigenvalue weighted by molar-refractivity contribution is 6.17. The van der Waals surface area contributed by atoms with Gasteiger partial charge in [-0.15, -0.1) is 0 Å². The maximum Gasteiger partial charge on any atom is 0.421 e. The molecule has 1 aliphatic rings. The quantitative estimate of drug-likeness (QED) is 0.691. The van der Waals surface area contributed by atoms with Gasteiger partial charge in [0.25, 0.3) is 0 Å². The first kappa shape index (κ1) is 11.6. The Bertz CT molecular complexity index is 474. The molecular weight excluding hydrogens is 218 g/mol. The van der Waals surface area contributed by atoms with Gasteiger partial charge < -0.3 is 4.74 Å². The van der Waals surface area contributed by atoms with E-state index in [4.69, 9.17) is 4.74 Å². The first-order valence-corrected chi connectivity index (χ1v) is 5.52. The van der Waals surface area contributed by atoms with Crippen LogP contribution in [0.2, 0.25) is 0 Å². The monoisotopic (exact) mass is 233 g/mol. The van der Waals surface area contributed by atoms with Gasteiger partial charge in [-0.2, -0.15) is 0 Å². The Labute approximate surface area is 100 Å². The summed E-state index contributed by atoms with van der Waals surface area (Å²) in [5.41, 5.74) is 0.893. The van der Waals surface area contributed by atoms with E-state index in [-0.39, 0.29) is 12.3 Å². The lowest BCUT2D eigenvalue weighted by atomic mass is 10.2. The molecular formula is C13H15NO3. The Morgan fingerprint density at radius 2 is 1.94 bits per heavy atom. The van der Waals surface area contributed by atoms with Gasteiger partial charge in [-0.3, -0.25) is 4.79 Å². The fraction of sp³-hybridized carbons (Fsp3) is 0.385. The molecule has 0 spiro atoms. The maximum atomic E-state index is 11.9. The van der Waals surface area contributed by atoms with Crippen LogP contribution in [0.25, 0.3) is 0 Å². The summed E-state index contributed by atoms with van der Waals surface area (Å²) in [6.45, 7) is 5.33. The van der Waals surface area contributed by atoms with E-state index in [0.717, 1.165) is 10.5 Å². The Hall–Kier alpha value is -1.84. The van der Waals surface area contributed by atoms with E-state index < -0.39 is 11.7 Å². The third-order valence-corrected chi connectivity index (χ3v) is 2.40. The molecule has 0 bridgehead atoms. The topological polar surface area (TPSA) is 46.6 Å². The summed E-state index contributed by atoms with van der Waals surface area (Å²) < 4.78 is 5.22. The molecule has 1 aromatic carbocycles. The molecule has 0 radical (unpaired) electrons. The summed E-state index contributed by atoms with van der Waals surface area (Å²) >= 11 is 0. The van der Waals surface area contributed by atoms with Crippen LogP contribution in [0.15, 0.2) is 24.3 Å². The van der Waals surface area contributed by atoms with E-state index in [1.54, 1.807) is 32.9 Å². The highest BCUT2D eigenvalue weighted by Crippen LogP contribution is 2.29. The second kappa shape index (κ2) is 3.87. The van der Waals surface area contributed by atoms with E-state index >= 15 is 0 Å². The zero-order chi connectivity index (χ0) is 12.6. The van der Waals surface area contributed by atoms with Gasteiger partial charge in [0.1, 0.15) is 5.60 Å². The summed E-state index contributed by atoms with van der Waals surface area (Å²) in [5.74, 6) is -0.236. The Morgan fingerprint density at radius 1 is 1.29 bits per heavy atom. The molecule has 1 heterocycles. The van der Waals surface area contributed by atoms with Crippen molar-refractivity contribution in [2.24, 2.45) is 0 Å². The molecule has 0 saturated heterocycles. The summed E-state index contributed by atoms with van der Waals surface area (Å²) in [7, 11) is 0. The summed E-state index contributed by atoms with van der Waals surface area (Å²) in [6.07, 6.45) is -0.345. The normalized spacial score (nSPS) is 14.8. The van der Waals surface area contributed by atoms with Crippen LogP contribution in [0.4, 0.5) is 10.5 Å². The number of hydrogen-bond donors (Lipinski definition) is 0. The molecule has 1 aliphatic heterocycles. The molecule has 0 aliphatic carbocycles. The third-order valence-electron chi connectivity index (χ3n) is 2.40. The van der Waals surface area contributed by atoms with Crippen molar-refractivity contribution in [3.63, 3.8) is 0 Å². The van der Waals surface area contributed by atoms with Crippen LogP contribution in [0.5, 0.6) is 0 Å². The van der Waals surface area contributed by atoms with Crippen LogP contribution in [0.3, 0.4) is 0 Å². The number of anilines is 1. The number of hydrogen-bond acceptors (Lipinski definition) is 3. The number of amides is 2. The Balaban J connectivity index is 2.28.